The van der Waals surface area contributed by atoms with Gasteiger partial charge >= 0.3 is 0 Å². The second kappa shape index (κ2) is 8.24. The third kappa shape index (κ3) is 4.50. The van der Waals surface area contributed by atoms with E-state index in [4.69, 9.17) is 0 Å². The maximum atomic E-state index is 3.84. The Morgan fingerprint density at radius 3 is 2.71 bits per heavy atom. The van der Waals surface area contributed by atoms with Gasteiger partial charge in [0.2, 0.25) is 0 Å². The molecule has 3 atom stereocenters. The molecular weight excluding hydrogens is 274 g/mol. The van der Waals surface area contributed by atoms with Gasteiger partial charge in [-0.05, 0) is 49.3 Å². The van der Waals surface area contributed by atoms with Crippen LogP contribution in [0.5, 0.6) is 0 Å². The number of fused-ring (bicyclic) bond motifs is 1. The molecule has 0 fully saturated rings. The number of aryl methyl sites for hydroxylation is 1. The molecule has 0 radical (unpaired) electrons. The molecule has 1 aromatic rings. The molecule has 0 heterocycles. The summed E-state index contributed by atoms with van der Waals surface area (Å²) in [5, 5.41) is 5.28. The maximum Gasteiger partial charge on any atom is 0.0443 e. The number of benzene rings is 1. The smallest absolute Gasteiger partial charge is 0.0443 e. The third-order valence-corrected chi connectivity index (χ3v) is 6.47. The Morgan fingerprint density at radius 2 is 2.00 bits per heavy atom. The molecule has 0 aliphatic heterocycles. The molecule has 1 N–H and O–H groups in total. The minimum atomic E-state index is 0.523. The van der Waals surface area contributed by atoms with Gasteiger partial charge in [0.25, 0.3) is 0 Å². The summed E-state index contributed by atoms with van der Waals surface area (Å²) in [4.78, 5) is 0. The highest BCUT2D eigenvalue weighted by Crippen LogP contribution is 2.39. The van der Waals surface area contributed by atoms with Gasteiger partial charge in [-0.15, -0.1) is 0 Å². The Labute approximate surface area is 135 Å². The van der Waals surface area contributed by atoms with E-state index in [1.165, 1.54) is 25.7 Å². The van der Waals surface area contributed by atoms with Crippen LogP contribution in [0.2, 0.25) is 0 Å². The van der Waals surface area contributed by atoms with Crippen molar-refractivity contribution in [1.29, 1.82) is 0 Å². The van der Waals surface area contributed by atoms with Crippen molar-refractivity contribution in [2.24, 2.45) is 5.92 Å². The molecule has 1 nitrogen and oxygen atoms in total. The molecule has 0 aromatic heterocycles. The number of nitrogens with one attached hydrogen (secondary N) is 1. The van der Waals surface area contributed by atoms with Crippen LogP contribution in [0, 0.1) is 5.92 Å². The topological polar surface area (TPSA) is 12.0 Å². The highest BCUT2D eigenvalue weighted by Gasteiger charge is 2.29. The van der Waals surface area contributed by atoms with E-state index in [1.807, 2.05) is 0 Å². The molecule has 1 aliphatic carbocycles. The van der Waals surface area contributed by atoms with Crippen molar-refractivity contribution in [2.45, 2.75) is 69.9 Å². The summed E-state index contributed by atoms with van der Waals surface area (Å²) in [5.41, 5.74) is 3.11. The summed E-state index contributed by atoms with van der Waals surface area (Å²) in [6, 6.07) is 9.60. The first-order chi connectivity index (χ1) is 10.1. The van der Waals surface area contributed by atoms with Crippen molar-refractivity contribution in [3.8, 4) is 0 Å². The van der Waals surface area contributed by atoms with E-state index in [1.54, 1.807) is 11.1 Å². The Morgan fingerprint density at radius 1 is 1.24 bits per heavy atom. The summed E-state index contributed by atoms with van der Waals surface area (Å²) in [5.74, 6) is 0.750. The molecule has 118 valence electrons. The molecule has 0 bridgehead atoms. The molecular formula is C19H31NS. The second-order valence-corrected chi connectivity index (χ2v) is 8.27. The summed E-state index contributed by atoms with van der Waals surface area (Å²) >= 11 is 2.20. The summed E-state index contributed by atoms with van der Waals surface area (Å²) < 4.78 is 0. The molecule has 0 saturated heterocycles. The summed E-state index contributed by atoms with van der Waals surface area (Å²) in [7, 11) is 0. The van der Waals surface area contributed by atoms with Gasteiger partial charge in [0.05, 0.1) is 0 Å². The average Bonchev–Trinajstić information content (AvgIpc) is 2.64. The lowest BCUT2D eigenvalue weighted by Crippen LogP contribution is -2.32. The zero-order valence-corrected chi connectivity index (χ0v) is 14.9. The van der Waals surface area contributed by atoms with Crippen LogP contribution in [0.4, 0.5) is 0 Å². The minimum absolute atomic E-state index is 0.523. The number of rotatable bonds is 6. The number of thioether (sulfide) groups is 1. The van der Waals surface area contributed by atoms with Crippen molar-refractivity contribution in [3.05, 3.63) is 35.4 Å². The molecule has 2 rings (SSSR count). The Bertz CT molecular complexity index is 429. The largest absolute Gasteiger partial charge is 0.309 e. The SMILES string of the molecule is CCCNC1c2ccccc2CCCC1SC(C)C(C)C. The lowest BCUT2D eigenvalue weighted by atomic mass is 9.99. The molecule has 0 saturated carbocycles. The van der Waals surface area contributed by atoms with E-state index in [0.717, 1.165) is 17.7 Å². The van der Waals surface area contributed by atoms with Crippen molar-refractivity contribution < 1.29 is 0 Å². The van der Waals surface area contributed by atoms with Crippen LogP contribution >= 0.6 is 11.8 Å². The van der Waals surface area contributed by atoms with Crippen LogP contribution in [-0.2, 0) is 6.42 Å². The van der Waals surface area contributed by atoms with Gasteiger partial charge in [-0.1, -0.05) is 52.0 Å². The van der Waals surface area contributed by atoms with E-state index in [0.29, 0.717) is 11.3 Å². The normalized spacial score (nSPS) is 23.7. The predicted octanol–water partition coefficient (Wildman–Crippen LogP) is 5.21. The highest BCUT2D eigenvalue weighted by atomic mass is 32.2. The van der Waals surface area contributed by atoms with Crippen LogP contribution < -0.4 is 5.32 Å². The standard InChI is InChI=1S/C19H31NS/c1-5-13-20-19-17-11-7-6-9-16(17)10-8-12-18(19)21-15(4)14(2)3/h6-7,9,11,14-15,18-20H,5,8,10,12-13H2,1-4H3. The molecule has 1 aliphatic rings. The monoisotopic (exact) mass is 305 g/mol. The fraction of sp³-hybridized carbons (Fsp3) is 0.684. The lowest BCUT2D eigenvalue weighted by Gasteiger charge is -2.30. The van der Waals surface area contributed by atoms with Gasteiger partial charge in [0.1, 0.15) is 0 Å². The van der Waals surface area contributed by atoms with Gasteiger partial charge in [-0.3, -0.25) is 0 Å². The first-order valence-electron chi connectivity index (χ1n) is 8.60. The number of hydrogen-bond acceptors (Lipinski definition) is 2. The molecule has 2 heteroatoms. The maximum absolute atomic E-state index is 3.84. The number of hydrogen-bond donors (Lipinski definition) is 1. The Hall–Kier alpha value is -0.470. The second-order valence-electron chi connectivity index (χ2n) is 6.65. The average molecular weight is 306 g/mol. The van der Waals surface area contributed by atoms with Gasteiger partial charge < -0.3 is 5.32 Å². The van der Waals surface area contributed by atoms with Gasteiger partial charge in [-0.25, -0.2) is 0 Å². The van der Waals surface area contributed by atoms with E-state index >= 15 is 0 Å². The molecule has 0 spiro atoms. The van der Waals surface area contributed by atoms with E-state index in [9.17, 15) is 0 Å². The van der Waals surface area contributed by atoms with Crippen molar-refractivity contribution in [1.82, 2.24) is 5.32 Å². The highest BCUT2D eigenvalue weighted by molar-refractivity contribution is 8.00. The van der Waals surface area contributed by atoms with Gasteiger partial charge in [0.15, 0.2) is 0 Å². The minimum Gasteiger partial charge on any atom is -0.309 e. The van der Waals surface area contributed by atoms with Crippen LogP contribution in [0.1, 0.15) is 64.1 Å². The predicted molar refractivity (Wildman–Crippen MR) is 96.1 cm³/mol. The molecule has 21 heavy (non-hydrogen) atoms. The van der Waals surface area contributed by atoms with Gasteiger partial charge in [-0.2, -0.15) is 11.8 Å². The summed E-state index contributed by atoms with van der Waals surface area (Å²) in [6.07, 6.45) is 5.10. The van der Waals surface area contributed by atoms with Crippen LogP contribution in [0.25, 0.3) is 0 Å². The fourth-order valence-corrected chi connectivity index (χ4v) is 4.62. The fourth-order valence-electron chi connectivity index (χ4n) is 3.05. The molecule has 1 aromatic carbocycles. The Balaban J connectivity index is 2.21. The van der Waals surface area contributed by atoms with E-state index in [2.05, 4.69) is 69.0 Å². The van der Waals surface area contributed by atoms with Crippen molar-refractivity contribution in [2.75, 3.05) is 6.54 Å². The van der Waals surface area contributed by atoms with Gasteiger partial charge in [0, 0.05) is 16.5 Å². The van der Waals surface area contributed by atoms with Crippen LogP contribution in [-0.4, -0.2) is 17.0 Å². The molecule has 3 unspecified atom stereocenters. The lowest BCUT2D eigenvalue weighted by molar-refractivity contribution is 0.497. The quantitative estimate of drug-likeness (QED) is 0.724. The van der Waals surface area contributed by atoms with Crippen LogP contribution in [0.3, 0.4) is 0 Å². The van der Waals surface area contributed by atoms with Crippen molar-refractivity contribution in [3.63, 3.8) is 0 Å². The zero-order chi connectivity index (χ0) is 15.2. The Kier molecular flexibility index (Phi) is 6.63. The summed E-state index contributed by atoms with van der Waals surface area (Å²) in [6.45, 7) is 10.5. The third-order valence-electron chi connectivity index (χ3n) is 4.64. The zero-order valence-electron chi connectivity index (χ0n) is 14.1. The first-order valence-corrected chi connectivity index (χ1v) is 9.54. The van der Waals surface area contributed by atoms with Crippen molar-refractivity contribution >= 4 is 11.8 Å². The van der Waals surface area contributed by atoms with E-state index < -0.39 is 0 Å². The van der Waals surface area contributed by atoms with E-state index in [-0.39, 0.29) is 0 Å². The first kappa shape index (κ1) is 16.9. The van der Waals surface area contributed by atoms with Crippen LogP contribution in [0.15, 0.2) is 24.3 Å². The molecule has 0 amide bonds.